The van der Waals surface area contributed by atoms with Gasteiger partial charge in [-0.05, 0) is 6.92 Å². The van der Waals surface area contributed by atoms with E-state index in [0.717, 1.165) is 0 Å². The minimum Gasteiger partial charge on any atom is -0.517 e. The summed E-state index contributed by atoms with van der Waals surface area (Å²) in [7, 11) is -1.25. The summed E-state index contributed by atoms with van der Waals surface area (Å²) in [5.74, 6) is -0.282. The average molecular weight is 160 g/mol. The minimum absolute atomic E-state index is 0.211. The zero-order valence-corrected chi connectivity index (χ0v) is 6.78. The lowest BCUT2D eigenvalue weighted by molar-refractivity contribution is -0.137. The molecule has 1 atom stereocenters. The summed E-state index contributed by atoms with van der Waals surface area (Å²) in [4.78, 5) is 10.5. The number of ether oxygens (including phenoxy) is 1. The molecule has 0 aromatic rings. The highest BCUT2D eigenvalue weighted by molar-refractivity contribution is 6.07. The van der Waals surface area contributed by atoms with Crippen LogP contribution in [0, 0.1) is 0 Å². The van der Waals surface area contributed by atoms with E-state index in [1.807, 2.05) is 0 Å². The molecule has 1 rings (SSSR count). The van der Waals surface area contributed by atoms with Gasteiger partial charge in [-0.25, -0.2) is 0 Å². The van der Waals surface area contributed by atoms with E-state index >= 15 is 0 Å². The van der Waals surface area contributed by atoms with E-state index in [4.69, 9.17) is 4.43 Å². The van der Waals surface area contributed by atoms with Gasteiger partial charge in [0.15, 0.2) is 0 Å². The molecule has 4 nitrogen and oxygen atoms in total. The van der Waals surface area contributed by atoms with Crippen molar-refractivity contribution in [3.8, 4) is 0 Å². The minimum atomic E-state index is -1.25. The lowest BCUT2D eigenvalue weighted by Crippen LogP contribution is -2.28. The molecule has 1 aliphatic rings. The molecule has 0 radical (unpaired) electrons. The first kappa shape index (κ1) is 7.39. The Labute approximate surface area is 60.5 Å². The molecule has 0 aromatic carbocycles. The molecule has 0 bridgehead atoms. The standard InChI is InChI=1S/C5H8O4Si/c1-5(9-10-7)2-4(6)8-3-5/h10H,2-3H2,1H3. The van der Waals surface area contributed by atoms with Crippen LogP contribution < -0.4 is 0 Å². The fraction of sp³-hybridized carbons (Fsp3) is 0.800. The van der Waals surface area contributed by atoms with Crippen LogP contribution in [0.25, 0.3) is 0 Å². The van der Waals surface area contributed by atoms with Crippen molar-refractivity contribution < 1.29 is 18.4 Å². The first-order valence-corrected chi connectivity index (χ1v) is 3.88. The van der Waals surface area contributed by atoms with Gasteiger partial charge in [0.1, 0.15) is 12.2 Å². The third-order valence-corrected chi connectivity index (χ3v) is 2.05. The van der Waals surface area contributed by atoms with Crippen LogP contribution in [-0.4, -0.2) is 27.8 Å². The molecule has 1 fully saturated rings. The van der Waals surface area contributed by atoms with Crippen molar-refractivity contribution in [2.24, 2.45) is 0 Å². The van der Waals surface area contributed by atoms with E-state index in [2.05, 4.69) is 4.74 Å². The third kappa shape index (κ3) is 1.41. The van der Waals surface area contributed by atoms with Crippen LogP contribution >= 0.6 is 0 Å². The maximum Gasteiger partial charge on any atom is 0.487 e. The number of rotatable bonds is 2. The summed E-state index contributed by atoms with van der Waals surface area (Å²) in [6.45, 7) is 1.93. The summed E-state index contributed by atoms with van der Waals surface area (Å²) >= 11 is 0. The highest BCUT2D eigenvalue weighted by Crippen LogP contribution is 2.21. The van der Waals surface area contributed by atoms with Crippen molar-refractivity contribution in [1.29, 1.82) is 0 Å². The van der Waals surface area contributed by atoms with Crippen molar-refractivity contribution >= 4 is 15.6 Å². The van der Waals surface area contributed by atoms with Gasteiger partial charge in [0, 0.05) is 0 Å². The summed E-state index contributed by atoms with van der Waals surface area (Å²) in [6.07, 6.45) is 0.211. The predicted molar refractivity (Wildman–Crippen MR) is 32.9 cm³/mol. The van der Waals surface area contributed by atoms with E-state index in [1.54, 1.807) is 6.92 Å². The van der Waals surface area contributed by atoms with Gasteiger partial charge in [0.2, 0.25) is 0 Å². The van der Waals surface area contributed by atoms with Crippen molar-refractivity contribution in [3.63, 3.8) is 0 Å². The largest absolute Gasteiger partial charge is 0.517 e. The maximum atomic E-state index is 10.5. The van der Waals surface area contributed by atoms with E-state index in [1.165, 1.54) is 0 Å². The Bertz CT molecular complexity index is 169. The summed E-state index contributed by atoms with van der Waals surface area (Å²) in [5.41, 5.74) is -0.631. The quantitative estimate of drug-likeness (QED) is 0.400. The average Bonchev–Trinajstić information content (AvgIpc) is 2.12. The topological polar surface area (TPSA) is 52.6 Å². The molecule has 0 amide bonds. The molecule has 1 aliphatic heterocycles. The Hall–Kier alpha value is -0.713. The Balaban J connectivity index is 2.53. The Morgan fingerprint density at radius 1 is 1.80 bits per heavy atom. The summed E-state index contributed by atoms with van der Waals surface area (Å²) in [5, 5.41) is 0. The predicted octanol–water partition coefficient (Wildman–Crippen LogP) is -0.594. The van der Waals surface area contributed by atoms with Crippen LogP contribution in [0.2, 0.25) is 0 Å². The summed E-state index contributed by atoms with van der Waals surface area (Å²) < 4.78 is 19.6. The van der Waals surface area contributed by atoms with Crippen molar-refractivity contribution in [1.82, 2.24) is 0 Å². The molecule has 0 aliphatic carbocycles. The molecular weight excluding hydrogens is 152 g/mol. The molecule has 1 heterocycles. The van der Waals surface area contributed by atoms with Crippen LogP contribution in [0.3, 0.4) is 0 Å². The monoisotopic (exact) mass is 160 g/mol. The van der Waals surface area contributed by atoms with E-state index in [9.17, 15) is 9.26 Å². The molecule has 0 aromatic heterocycles. The second-order valence-corrected chi connectivity index (χ2v) is 2.93. The maximum absolute atomic E-state index is 10.5. The van der Waals surface area contributed by atoms with Crippen LogP contribution in [0.4, 0.5) is 0 Å². The van der Waals surface area contributed by atoms with E-state index in [-0.39, 0.29) is 19.0 Å². The Morgan fingerprint density at radius 2 is 2.50 bits per heavy atom. The first-order chi connectivity index (χ1) is 4.66. The molecule has 1 unspecified atom stereocenters. The third-order valence-electron chi connectivity index (χ3n) is 1.39. The fourth-order valence-electron chi connectivity index (χ4n) is 0.832. The van der Waals surface area contributed by atoms with Gasteiger partial charge in [-0.1, -0.05) is 0 Å². The zero-order valence-electron chi connectivity index (χ0n) is 5.62. The SMILES string of the molecule is CC1(O[SiH]=O)COC(=O)C1. The normalized spacial score (nSPS) is 31.5. The summed E-state index contributed by atoms with van der Waals surface area (Å²) in [6, 6.07) is 0. The number of cyclic esters (lactones) is 1. The second-order valence-electron chi connectivity index (χ2n) is 2.50. The van der Waals surface area contributed by atoms with Gasteiger partial charge in [-0.3, -0.25) is 4.79 Å². The van der Waals surface area contributed by atoms with E-state index in [0.29, 0.717) is 0 Å². The molecule has 1 saturated heterocycles. The van der Waals surface area contributed by atoms with Crippen LogP contribution in [0.5, 0.6) is 0 Å². The Kier molecular flexibility index (Phi) is 1.84. The first-order valence-electron chi connectivity index (χ1n) is 2.93. The zero-order chi connectivity index (χ0) is 7.61. The fourth-order valence-corrected chi connectivity index (χ4v) is 1.22. The number of hydrogen-bond donors (Lipinski definition) is 0. The highest BCUT2D eigenvalue weighted by atomic mass is 28.2. The number of carbonyl (C=O) groups is 1. The van der Waals surface area contributed by atoms with Crippen LogP contribution in [-0.2, 0) is 18.4 Å². The van der Waals surface area contributed by atoms with Crippen LogP contribution in [0.15, 0.2) is 0 Å². The van der Waals surface area contributed by atoms with Gasteiger partial charge in [-0.2, -0.15) is 0 Å². The number of carbonyl (C=O) groups excluding carboxylic acids is 1. The smallest absolute Gasteiger partial charge is 0.487 e. The van der Waals surface area contributed by atoms with Gasteiger partial charge in [-0.15, -0.1) is 0 Å². The van der Waals surface area contributed by atoms with Crippen molar-refractivity contribution in [2.75, 3.05) is 6.61 Å². The number of hydrogen-bond acceptors (Lipinski definition) is 4. The molecule has 0 saturated carbocycles. The molecule has 0 spiro atoms. The van der Waals surface area contributed by atoms with Gasteiger partial charge >= 0.3 is 15.6 Å². The molecule has 0 N–H and O–H groups in total. The molecule has 56 valence electrons. The van der Waals surface area contributed by atoms with Gasteiger partial charge in [0.05, 0.1) is 6.42 Å². The number of esters is 1. The van der Waals surface area contributed by atoms with Gasteiger partial charge < -0.3 is 13.6 Å². The second kappa shape index (κ2) is 2.49. The van der Waals surface area contributed by atoms with Gasteiger partial charge in [0.25, 0.3) is 0 Å². The van der Waals surface area contributed by atoms with Crippen LogP contribution in [0.1, 0.15) is 13.3 Å². The Morgan fingerprint density at radius 3 is 2.90 bits per heavy atom. The van der Waals surface area contributed by atoms with Crippen molar-refractivity contribution in [3.05, 3.63) is 0 Å². The highest BCUT2D eigenvalue weighted by Gasteiger charge is 2.37. The molecule has 10 heavy (non-hydrogen) atoms. The molecule has 5 heteroatoms. The lowest BCUT2D eigenvalue weighted by atomic mass is 10.1. The van der Waals surface area contributed by atoms with E-state index < -0.39 is 15.3 Å². The lowest BCUT2D eigenvalue weighted by Gasteiger charge is -2.17. The molecular formula is C5H8O4Si. The van der Waals surface area contributed by atoms with Crippen molar-refractivity contribution in [2.45, 2.75) is 18.9 Å².